The summed E-state index contributed by atoms with van der Waals surface area (Å²) >= 11 is 6.66. The molecule has 0 bridgehead atoms. The maximum Gasteiger partial charge on any atom is 0.266 e. The summed E-state index contributed by atoms with van der Waals surface area (Å²) in [6, 6.07) is 10.6. The van der Waals surface area contributed by atoms with Crippen molar-refractivity contribution >= 4 is 65.3 Å². The van der Waals surface area contributed by atoms with Crippen molar-refractivity contribution in [2.24, 2.45) is 11.7 Å². The minimum Gasteiger partial charge on any atom is -0.290 e. The molecule has 2 rings (SSSR count). The summed E-state index contributed by atoms with van der Waals surface area (Å²) in [5.41, 5.74) is 5.12. The summed E-state index contributed by atoms with van der Waals surface area (Å²) in [7, 11) is 2.69. The molecule has 6 nitrogen and oxygen atoms in total. The normalized spacial score (nSPS) is 10.3. The number of hydrogen-bond donors (Lipinski definition) is 4. The number of rotatable bonds is 5. The van der Waals surface area contributed by atoms with E-state index in [2.05, 4.69) is 42.7 Å². The highest BCUT2D eigenvalue weighted by Crippen LogP contribution is 2.41. The van der Waals surface area contributed by atoms with E-state index in [4.69, 9.17) is 11.7 Å². The molecule has 0 radical (unpaired) electrons. The van der Waals surface area contributed by atoms with E-state index >= 15 is 0 Å². The molecule has 2 aromatic rings. The fourth-order valence-corrected chi connectivity index (χ4v) is 4.79. The van der Waals surface area contributed by atoms with Gasteiger partial charge in [0.05, 0.1) is 11.1 Å². The Morgan fingerprint density at radius 2 is 1.17 bits per heavy atom. The van der Waals surface area contributed by atoms with Gasteiger partial charge >= 0.3 is 0 Å². The number of amides is 2. The second-order valence-electron chi connectivity index (χ2n) is 4.39. The molecular formula is C14H12Br2N4O2S2. The third kappa shape index (κ3) is 4.74. The molecule has 10 heteroatoms. The minimum absolute atomic E-state index is 0.393. The van der Waals surface area contributed by atoms with Crippen LogP contribution in [0.15, 0.2) is 55.1 Å². The highest BCUT2D eigenvalue weighted by Gasteiger charge is 2.15. The number of hydrazine groups is 2. The average Bonchev–Trinajstić information content (AvgIpc) is 2.59. The summed E-state index contributed by atoms with van der Waals surface area (Å²) in [4.78, 5) is 25.2. The Morgan fingerprint density at radius 1 is 0.792 bits per heavy atom. The predicted octanol–water partition coefficient (Wildman–Crippen LogP) is 3.22. The number of benzene rings is 2. The summed E-state index contributed by atoms with van der Waals surface area (Å²) in [6.45, 7) is 0. The Kier molecular flexibility index (Phi) is 7.14. The van der Waals surface area contributed by atoms with Crippen LogP contribution in [0.1, 0.15) is 20.7 Å². The van der Waals surface area contributed by atoms with E-state index < -0.39 is 11.8 Å². The number of nitrogens with two attached hydrogens (primary N) is 2. The molecule has 0 aliphatic rings. The summed E-state index contributed by atoms with van der Waals surface area (Å²) in [5.74, 6) is 9.66. The smallest absolute Gasteiger partial charge is 0.266 e. The van der Waals surface area contributed by atoms with Crippen molar-refractivity contribution in [1.82, 2.24) is 10.9 Å². The molecule has 2 aromatic carbocycles. The average molecular weight is 492 g/mol. The van der Waals surface area contributed by atoms with Crippen LogP contribution in [0.4, 0.5) is 0 Å². The first-order chi connectivity index (χ1) is 11.5. The zero-order chi connectivity index (χ0) is 17.7. The first-order valence-corrected chi connectivity index (χ1v) is 10.2. The van der Waals surface area contributed by atoms with Crippen molar-refractivity contribution in [3.05, 3.63) is 56.5 Å². The lowest BCUT2D eigenvalue weighted by atomic mass is 10.2. The molecule has 24 heavy (non-hydrogen) atoms. The lowest BCUT2D eigenvalue weighted by molar-refractivity contribution is 0.0942. The molecule has 126 valence electrons. The largest absolute Gasteiger partial charge is 0.290 e. The molecule has 6 N–H and O–H groups in total. The molecule has 2 amide bonds. The van der Waals surface area contributed by atoms with E-state index in [0.717, 1.165) is 8.95 Å². The Labute approximate surface area is 163 Å². The Bertz CT molecular complexity index is 724. The predicted molar refractivity (Wildman–Crippen MR) is 103 cm³/mol. The quantitative estimate of drug-likeness (QED) is 0.221. The number of nitrogens with one attached hydrogen (secondary N) is 2. The molecule has 0 unspecified atom stereocenters. The van der Waals surface area contributed by atoms with Crippen LogP contribution in [0.5, 0.6) is 0 Å². The van der Waals surface area contributed by atoms with Crippen LogP contribution in [-0.2, 0) is 0 Å². The van der Waals surface area contributed by atoms with Crippen LogP contribution in [0.3, 0.4) is 0 Å². The minimum atomic E-state index is -0.393. The van der Waals surface area contributed by atoms with Crippen molar-refractivity contribution < 1.29 is 9.59 Å². The number of hydrogen-bond acceptors (Lipinski definition) is 6. The van der Waals surface area contributed by atoms with Crippen LogP contribution in [0.25, 0.3) is 0 Å². The van der Waals surface area contributed by atoms with Crippen molar-refractivity contribution in [2.75, 3.05) is 0 Å². The van der Waals surface area contributed by atoms with Crippen molar-refractivity contribution in [2.45, 2.75) is 9.79 Å². The molecule has 0 spiro atoms. The zero-order valence-corrected chi connectivity index (χ0v) is 16.8. The van der Waals surface area contributed by atoms with Gasteiger partial charge in [-0.3, -0.25) is 20.4 Å². The molecule has 0 saturated carbocycles. The first kappa shape index (κ1) is 19.3. The van der Waals surface area contributed by atoms with Gasteiger partial charge in [-0.25, -0.2) is 11.7 Å². The van der Waals surface area contributed by atoms with Crippen molar-refractivity contribution in [3.63, 3.8) is 0 Å². The molecule has 0 saturated heterocycles. The summed E-state index contributed by atoms with van der Waals surface area (Å²) in [6.07, 6.45) is 0. The highest BCUT2D eigenvalue weighted by atomic mass is 79.9. The van der Waals surface area contributed by atoms with Gasteiger partial charge in [0.25, 0.3) is 11.8 Å². The fraction of sp³-hybridized carbons (Fsp3) is 0. The topological polar surface area (TPSA) is 110 Å². The van der Waals surface area contributed by atoms with E-state index in [1.807, 2.05) is 12.1 Å². The van der Waals surface area contributed by atoms with Gasteiger partial charge in [0.2, 0.25) is 0 Å². The van der Waals surface area contributed by atoms with Gasteiger partial charge in [0.15, 0.2) is 0 Å². The molecule has 0 fully saturated rings. The van der Waals surface area contributed by atoms with Crippen LogP contribution < -0.4 is 22.5 Å². The maximum absolute atomic E-state index is 11.9. The Balaban J connectivity index is 2.29. The van der Waals surface area contributed by atoms with Crippen LogP contribution in [0, 0.1) is 0 Å². The monoisotopic (exact) mass is 490 g/mol. The second-order valence-corrected chi connectivity index (χ2v) is 8.44. The lowest BCUT2D eigenvalue weighted by Gasteiger charge is -2.10. The number of nitrogen functional groups attached to an aromatic ring is 2. The van der Waals surface area contributed by atoms with E-state index in [1.165, 1.54) is 21.6 Å². The third-order valence-corrected chi connectivity index (χ3v) is 6.32. The van der Waals surface area contributed by atoms with Gasteiger partial charge in [0.1, 0.15) is 0 Å². The maximum atomic E-state index is 11.9. The van der Waals surface area contributed by atoms with Gasteiger partial charge in [-0.2, -0.15) is 0 Å². The van der Waals surface area contributed by atoms with Crippen LogP contribution >= 0.6 is 53.4 Å². The van der Waals surface area contributed by atoms with E-state index in [1.54, 1.807) is 24.3 Å². The van der Waals surface area contributed by atoms with Crippen molar-refractivity contribution in [3.8, 4) is 0 Å². The number of carbonyl (C=O) groups is 2. The Hall–Kier alpha value is -1.04. The van der Waals surface area contributed by atoms with Gasteiger partial charge in [-0.05, 0) is 36.4 Å². The molecular weight excluding hydrogens is 480 g/mol. The van der Waals surface area contributed by atoms with Crippen molar-refractivity contribution in [1.29, 1.82) is 0 Å². The highest BCUT2D eigenvalue weighted by molar-refractivity contribution is 9.10. The van der Waals surface area contributed by atoms with Gasteiger partial charge in [0, 0.05) is 18.7 Å². The van der Waals surface area contributed by atoms with E-state index in [9.17, 15) is 9.59 Å². The second kappa shape index (κ2) is 8.88. The van der Waals surface area contributed by atoms with Gasteiger partial charge < -0.3 is 0 Å². The molecule has 0 heterocycles. The molecule has 0 atom stereocenters. The molecule has 0 aliphatic heterocycles. The van der Waals surface area contributed by atoms with E-state index in [-0.39, 0.29) is 0 Å². The van der Waals surface area contributed by atoms with Gasteiger partial charge in [-0.1, -0.05) is 53.4 Å². The number of carbonyl (C=O) groups excluding carboxylic acids is 2. The lowest BCUT2D eigenvalue weighted by Crippen LogP contribution is -2.30. The van der Waals surface area contributed by atoms with Gasteiger partial charge in [-0.15, -0.1) is 0 Å². The SMILES string of the molecule is NNC(=O)c1cc(Br)ccc1SSc1ccc(Br)cc1C(=O)NN. The molecule has 0 aromatic heterocycles. The first-order valence-electron chi connectivity index (χ1n) is 6.41. The third-order valence-electron chi connectivity index (χ3n) is 2.86. The summed E-state index contributed by atoms with van der Waals surface area (Å²) < 4.78 is 1.53. The van der Waals surface area contributed by atoms with E-state index in [0.29, 0.717) is 20.9 Å². The Morgan fingerprint density at radius 3 is 1.50 bits per heavy atom. The fourth-order valence-electron chi connectivity index (χ4n) is 1.75. The zero-order valence-electron chi connectivity index (χ0n) is 12.0. The van der Waals surface area contributed by atoms with Crippen LogP contribution in [-0.4, -0.2) is 11.8 Å². The molecule has 0 aliphatic carbocycles. The van der Waals surface area contributed by atoms with Crippen LogP contribution in [0.2, 0.25) is 0 Å². The number of halogens is 2. The summed E-state index contributed by atoms with van der Waals surface area (Å²) in [5, 5.41) is 0. The standard InChI is InChI=1S/C14H12Br2N4O2S2/c15-7-1-3-11(9(5-7)13(21)19-17)23-24-12-4-2-8(16)6-10(12)14(22)20-18/h1-6H,17-18H2,(H,19,21)(H,20,22).